The summed E-state index contributed by atoms with van der Waals surface area (Å²) in [5, 5.41) is 0. The summed E-state index contributed by atoms with van der Waals surface area (Å²) in [6, 6.07) is 0. The molecule has 0 N–H and O–H groups in total. The van der Waals surface area contributed by atoms with E-state index in [9.17, 15) is 0 Å². The average Bonchev–Trinajstić information content (AvgIpc) is 1.61. The molecule has 0 spiro atoms. The minimum absolute atomic E-state index is 0.664. The molecule has 0 saturated carbocycles. The maximum absolute atomic E-state index is 2.17. The highest BCUT2D eigenvalue weighted by Crippen LogP contribution is 1.92. The Morgan fingerprint density at radius 1 is 1.25 bits per heavy atom. The van der Waals surface area contributed by atoms with Gasteiger partial charge in [0.1, 0.15) is 0 Å². The number of rotatable bonds is 2. The molecule has 8 heavy (non-hydrogen) atoms. The number of nitrogens with zero attached hydrogens (tertiary/aromatic N) is 1. The van der Waals surface area contributed by atoms with Crippen molar-refractivity contribution < 1.29 is 0 Å². The monoisotopic (exact) mass is 113 g/mol. The Hall–Kier alpha value is -0.460. The molecule has 0 rings (SSSR count). The van der Waals surface area contributed by atoms with Gasteiger partial charge in [-0.1, -0.05) is 19.9 Å². The molecule has 0 aromatic rings. The smallest absolute Gasteiger partial charge is 0.00555 e. The van der Waals surface area contributed by atoms with Gasteiger partial charge in [0.15, 0.2) is 0 Å². The van der Waals surface area contributed by atoms with E-state index in [2.05, 4.69) is 26.1 Å². The topological polar surface area (TPSA) is 3.24 Å². The van der Waals surface area contributed by atoms with Crippen LogP contribution in [0, 0.1) is 5.92 Å². The molecule has 0 fully saturated rings. The van der Waals surface area contributed by atoms with Crippen LogP contribution in [0.1, 0.15) is 13.8 Å². The first-order valence-corrected chi connectivity index (χ1v) is 2.97. The van der Waals surface area contributed by atoms with Gasteiger partial charge in [-0.2, -0.15) is 0 Å². The summed E-state index contributed by atoms with van der Waals surface area (Å²) in [5.41, 5.74) is 0. The van der Waals surface area contributed by atoms with Crippen molar-refractivity contribution in [3.05, 3.63) is 12.3 Å². The maximum Gasteiger partial charge on any atom is 0.00555 e. The minimum atomic E-state index is 0.664. The summed E-state index contributed by atoms with van der Waals surface area (Å²) in [5.74, 6) is 0.664. The first-order valence-electron chi connectivity index (χ1n) is 2.97. The van der Waals surface area contributed by atoms with Crippen LogP contribution in [0.5, 0.6) is 0 Å². The Bertz CT molecular complexity index is 62.5. The highest BCUT2D eigenvalue weighted by molar-refractivity contribution is 4.81. The fraction of sp³-hybridized carbons (Fsp3) is 0.714. The van der Waals surface area contributed by atoms with Crippen LogP contribution in [0.2, 0.25) is 0 Å². The summed E-state index contributed by atoms with van der Waals surface area (Å²) < 4.78 is 0. The zero-order chi connectivity index (χ0) is 6.57. The molecule has 0 saturated heterocycles. The molecule has 0 atom stereocenters. The molecular formula is C7H15N. The highest BCUT2D eigenvalue weighted by atomic mass is 15.0. The van der Waals surface area contributed by atoms with E-state index in [0.717, 1.165) is 0 Å². The highest BCUT2D eigenvalue weighted by Gasteiger charge is 1.81. The minimum Gasteiger partial charge on any atom is -0.384 e. The molecule has 1 nitrogen and oxygen atoms in total. The van der Waals surface area contributed by atoms with Crippen LogP contribution in [-0.2, 0) is 0 Å². The number of allylic oxidation sites excluding steroid dienone is 1. The Labute approximate surface area is 52.0 Å². The van der Waals surface area contributed by atoms with Crippen molar-refractivity contribution >= 4 is 0 Å². The lowest BCUT2D eigenvalue weighted by molar-refractivity contribution is 0.556. The van der Waals surface area contributed by atoms with Crippen molar-refractivity contribution in [1.82, 2.24) is 4.90 Å². The Morgan fingerprint density at radius 2 is 1.75 bits per heavy atom. The van der Waals surface area contributed by atoms with Crippen molar-refractivity contribution in [3.8, 4) is 0 Å². The van der Waals surface area contributed by atoms with Gasteiger partial charge in [0.25, 0.3) is 0 Å². The summed E-state index contributed by atoms with van der Waals surface area (Å²) in [4.78, 5) is 2.04. The lowest BCUT2D eigenvalue weighted by Crippen LogP contribution is -2.00. The number of hydrogen-bond donors (Lipinski definition) is 0. The Balaban J connectivity index is 3.34. The number of hydrogen-bond acceptors (Lipinski definition) is 1. The summed E-state index contributed by atoms with van der Waals surface area (Å²) in [6.07, 6.45) is 4.24. The van der Waals surface area contributed by atoms with Crippen molar-refractivity contribution in [2.24, 2.45) is 5.92 Å². The van der Waals surface area contributed by atoms with Crippen LogP contribution >= 0.6 is 0 Å². The van der Waals surface area contributed by atoms with E-state index < -0.39 is 0 Å². The van der Waals surface area contributed by atoms with Crippen LogP contribution in [0.3, 0.4) is 0 Å². The molecule has 0 heterocycles. The van der Waals surface area contributed by atoms with Gasteiger partial charge in [-0.25, -0.2) is 0 Å². The zero-order valence-corrected chi connectivity index (χ0v) is 6.18. The first kappa shape index (κ1) is 7.54. The van der Waals surface area contributed by atoms with E-state index in [-0.39, 0.29) is 0 Å². The molecule has 0 radical (unpaired) electrons. The molecule has 0 aromatic carbocycles. The third-order valence-electron chi connectivity index (χ3n) is 0.769. The molecule has 0 unspecified atom stereocenters. The van der Waals surface area contributed by atoms with Gasteiger partial charge in [0, 0.05) is 14.1 Å². The fourth-order valence-corrected chi connectivity index (χ4v) is 0.344. The molecule has 48 valence electrons. The van der Waals surface area contributed by atoms with Gasteiger partial charge in [-0.05, 0) is 12.1 Å². The molecule has 0 aliphatic heterocycles. The van der Waals surface area contributed by atoms with Crippen LogP contribution in [0.4, 0.5) is 0 Å². The standard InChI is InChI=1S/C7H15N/c1-7(2)5-6-8(3)4/h5-7H,1-4H3/b6-5-. The Morgan fingerprint density at radius 3 is 1.88 bits per heavy atom. The molecule has 0 aromatic heterocycles. The Kier molecular flexibility index (Phi) is 3.33. The van der Waals surface area contributed by atoms with E-state index in [1.165, 1.54) is 0 Å². The van der Waals surface area contributed by atoms with Gasteiger partial charge in [0.05, 0.1) is 0 Å². The van der Waals surface area contributed by atoms with Crippen molar-refractivity contribution in [2.75, 3.05) is 14.1 Å². The molecular weight excluding hydrogens is 98.1 g/mol. The predicted octanol–water partition coefficient (Wildman–Crippen LogP) is 1.72. The van der Waals surface area contributed by atoms with E-state index >= 15 is 0 Å². The van der Waals surface area contributed by atoms with Crippen molar-refractivity contribution in [1.29, 1.82) is 0 Å². The molecule has 0 aliphatic carbocycles. The summed E-state index contributed by atoms with van der Waals surface area (Å²) >= 11 is 0. The lowest BCUT2D eigenvalue weighted by atomic mass is 10.2. The fourth-order valence-electron chi connectivity index (χ4n) is 0.344. The van der Waals surface area contributed by atoms with Crippen LogP contribution in [0.25, 0.3) is 0 Å². The second-order valence-electron chi connectivity index (χ2n) is 2.55. The van der Waals surface area contributed by atoms with Gasteiger partial charge >= 0.3 is 0 Å². The second kappa shape index (κ2) is 3.53. The molecule has 0 amide bonds. The van der Waals surface area contributed by atoms with E-state index in [1.807, 2.05) is 19.0 Å². The van der Waals surface area contributed by atoms with E-state index in [1.54, 1.807) is 0 Å². The van der Waals surface area contributed by atoms with E-state index in [0.29, 0.717) is 5.92 Å². The van der Waals surface area contributed by atoms with Gasteiger partial charge < -0.3 is 4.90 Å². The predicted molar refractivity (Wildman–Crippen MR) is 37.7 cm³/mol. The third kappa shape index (κ3) is 5.54. The van der Waals surface area contributed by atoms with Gasteiger partial charge in [-0.15, -0.1) is 0 Å². The van der Waals surface area contributed by atoms with Gasteiger partial charge in [-0.3, -0.25) is 0 Å². The van der Waals surface area contributed by atoms with Crippen LogP contribution < -0.4 is 0 Å². The summed E-state index contributed by atoms with van der Waals surface area (Å²) in [6.45, 7) is 4.33. The van der Waals surface area contributed by atoms with E-state index in [4.69, 9.17) is 0 Å². The lowest BCUT2D eigenvalue weighted by Gasteiger charge is -2.03. The molecule has 0 bridgehead atoms. The third-order valence-corrected chi connectivity index (χ3v) is 0.769. The molecule has 0 aliphatic rings. The second-order valence-corrected chi connectivity index (χ2v) is 2.55. The van der Waals surface area contributed by atoms with Crippen LogP contribution in [-0.4, -0.2) is 19.0 Å². The SMILES string of the molecule is CC(C)/C=C\N(C)C. The largest absolute Gasteiger partial charge is 0.384 e. The van der Waals surface area contributed by atoms with Crippen molar-refractivity contribution in [2.45, 2.75) is 13.8 Å². The summed E-state index contributed by atoms with van der Waals surface area (Å²) in [7, 11) is 4.05. The normalized spacial score (nSPS) is 11.1. The van der Waals surface area contributed by atoms with Gasteiger partial charge in [0.2, 0.25) is 0 Å². The molecule has 1 heteroatoms. The first-order chi connectivity index (χ1) is 3.63. The van der Waals surface area contributed by atoms with Crippen LogP contribution in [0.15, 0.2) is 12.3 Å². The zero-order valence-electron chi connectivity index (χ0n) is 6.18. The quantitative estimate of drug-likeness (QED) is 0.527. The average molecular weight is 113 g/mol. The maximum atomic E-state index is 2.17. The van der Waals surface area contributed by atoms with Crippen molar-refractivity contribution in [3.63, 3.8) is 0 Å².